The molecule has 1 aromatic heterocycles. The maximum Gasteiger partial charge on any atom is 0.326 e. The molecule has 0 radical (unpaired) electrons. The van der Waals surface area contributed by atoms with E-state index in [0.29, 0.717) is 5.69 Å². The van der Waals surface area contributed by atoms with E-state index in [9.17, 15) is 9.59 Å². The molecule has 6 heteroatoms. The van der Waals surface area contributed by atoms with Gasteiger partial charge in [-0.2, -0.15) is 0 Å². The Morgan fingerprint density at radius 1 is 1.37 bits per heavy atom. The van der Waals surface area contributed by atoms with Crippen LogP contribution in [0.2, 0.25) is 0 Å². The third-order valence-electron chi connectivity index (χ3n) is 2.66. The molecule has 1 unspecified atom stereocenters. The molecule has 1 aromatic rings. The number of methoxy groups -OCH3 is 1. The summed E-state index contributed by atoms with van der Waals surface area (Å²) in [5, 5.41) is 11.5. The van der Waals surface area contributed by atoms with Crippen molar-refractivity contribution in [2.75, 3.05) is 7.11 Å². The van der Waals surface area contributed by atoms with E-state index in [-0.39, 0.29) is 17.4 Å². The Morgan fingerprint density at radius 3 is 2.47 bits per heavy atom. The number of carbonyl (C=O) groups excluding carboxylic acids is 1. The minimum atomic E-state index is -1.07. The van der Waals surface area contributed by atoms with Gasteiger partial charge in [0.15, 0.2) is 0 Å². The monoisotopic (exact) mass is 266 g/mol. The van der Waals surface area contributed by atoms with Gasteiger partial charge in [-0.1, -0.05) is 13.8 Å². The van der Waals surface area contributed by atoms with Crippen LogP contribution in [0.25, 0.3) is 0 Å². The summed E-state index contributed by atoms with van der Waals surface area (Å²) >= 11 is 0. The van der Waals surface area contributed by atoms with Crippen LogP contribution in [-0.4, -0.2) is 35.1 Å². The van der Waals surface area contributed by atoms with Crippen molar-refractivity contribution in [3.8, 4) is 5.88 Å². The third kappa shape index (κ3) is 3.67. The molecule has 0 aliphatic carbocycles. The minimum Gasteiger partial charge on any atom is -0.480 e. The summed E-state index contributed by atoms with van der Waals surface area (Å²) in [5.41, 5.74) is 0.937. The van der Waals surface area contributed by atoms with E-state index in [1.54, 1.807) is 32.9 Å². The number of nitrogens with one attached hydrogen (secondary N) is 1. The summed E-state index contributed by atoms with van der Waals surface area (Å²) in [6, 6.07) is 2.29. The number of aromatic nitrogens is 1. The Labute approximate surface area is 111 Å². The molecular weight excluding hydrogens is 248 g/mol. The molecule has 1 atom stereocenters. The van der Waals surface area contributed by atoms with E-state index in [1.165, 1.54) is 7.11 Å². The van der Waals surface area contributed by atoms with Crippen molar-refractivity contribution in [2.45, 2.75) is 26.8 Å². The molecule has 19 heavy (non-hydrogen) atoms. The Hall–Kier alpha value is -2.11. The van der Waals surface area contributed by atoms with E-state index in [1.807, 2.05) is 0 Å². The average molecular weight is 266 g/mol. The zero-order valence-electron chi connectivity index (χ0n) is 11.4. The van der Waals surface area contributed by atoms with Crippen LogP contribution in [0.15, 0.2) is 12.1 Å². The topological polar surface area (TPSA) is 88.5 Å². The molecule has 1 heterocycles. The largest absolute Gasteiger partial charge is 0.480 e. The lowest BCUT2D eigenvalue weighted by Crippen LogP contribution is -2.44. The fraction of sp³-hybridized carbons (Fsp3) is 0.462. The molecule has 6 nitrogen and oxygen atoms in total. The lowest BCUT2D eigenvalue weighted by molar-refractivity contribution is -0.140. The van der Waals surface area contributed by atoms with Crippen LogP contribution in [0.3, 0.4) is 0 Å². The van der Waals surface area contributed by atoms with Crippen LogP contribution >= 0.6 is 0 Å². The van der Waals surface area contributed by atoms with E-state index < -0.39 is 17.9 Å². The number of carboxylic acids is 1. The third-order valence-corrected chi connectivity index (χ3v) is 2.66. The lowest BCUT2D eigenvalue weighted by Gasteiger charge is -2.18. The van der Waals surface area contributed by atoms with Gasteiger partial charge in [-0.05, 0) is 25.0 Å². The first-order chi connectivity index (χ1) is 8.86. The van der Waals surface area contributed by atoms with Crippen molar-refractivity contribution in [1.29, 1.82) is 0 Å². The van der Waals surface area contributed by atoms with Gasteiger partial charge in [0.05, 0.1) is 7.11 Å². The van der Waals surface area contributed by atoms with Gasteiger partial charge in [0, 0.05) is 5.69 Å². The quantitative estimate of drug-likeness (QED) is 0.837. The first-order valence-corrected chi connectivity index (χ1v) is 5.92. The number of aryl methyl sites for hydroxylation is 1. The van der Waals surface area contributed by atoms with Crippen LogP contribution in [0.1, 0.15) is 29.9 Å². The molecule has 0 aliphatic heterocycles. The van der Waals surface area contributed by atoms with E-state index >= 15 is 0 Å². The van der Waals surface area contributed by atoms with Gasteiger partial charge >= 0.3 is 5.97 Å². The number of nitrogens with zero attached hydrogens (tertiary/aromatic N) is 1. The number of rotatable bonds is 5. The summed E-state index contributed by atoms with van der Waals surface area (Å²) in [6.07, 6.45) is 0. The van der Waals surface area contributed by atoms with Gasteiger partial charge in [-0.25, -0.2) is 9.78 Å². The SMILES string of the molecule is COc1nc(C)ccc1C(=O)NC(C(=O)O)C(C)C. The Balaban J connectivity index is 2.97. The van der Waals surface area contributed by atoms with Crippen molar-refractivity contribution in [2.24, 2.45) is 5.92 Å². The van der Waals surface area contributed by atoms with Crippen LogP contribution < -0.4 is 10.1 Å². The second-order valence-electron chi connectivity index (χ2n) is 4.54. The molecule has 2 N–H and O–H groups in total. The van der Waals surface area contributed by atoms with Gasteiger partial charge in [-0.15, -0.1) is 0 Å². The van der Waals surface area contributed by atoms with Crippen molar-refractivity contribution < 1.29 is 19.4 Å². The predicted molar refractivity (Wildman–Crippen MR) is 69.3 cm³/mol. The first-order valence-electron chi connectivity index (χ1n) is 5.92. The average Bonchev–Trinajstić information content (AvgIpc) is 2.34. The van der Waals surface area contributed by atoms with Crippen LogP contribution in [0.4, 0.5) is 0 Å². The summed E-state index contributed by atoms with van der Waals surface area (Å²) in [6.45, 7) is 5.23. The van der Waals surface area contributed by atoms with E-state index in [2.05, 4.69) is 10.3 Å². The summed E-state index contributed by atoms with van der Waals surface area (Å²) in [4.78, 5) is 27.2. The summed E-state index contributed by atoms with van der Waals surface area (Å²) in [5.74, 6) is -1.61. The maximum absolute atomic E-state index is 12.1. The number of ether oxygens (including phenoxy) is 1. The fourth-order valence-electron chi connectivity index (χ4n) is 1.59. The summed E-state index contributed by atoms with van der Waals surface area (Å²) in [7, 11) is 1.41. The smallest absolute Gasteiger partial charge is 0.326 e. The molecule has 104 valence electrons. The highest BCUT2D eigenvalue weighted by molar-refractivity contribution is 5.98. The van der Waals surface area contributed by atoms with Crippen LogP contribution in [-0.2, 0) is 4.79 Å². The van der Waals surface area contributed by atoms with Crippen molar-refractivity contribution in [3.05, 3.63) is 23.4 Å². The molecular formula is C13H18N2O4. The highest BCUT2D eigenvalue weighted by Crippen LogP contribution is 2.16. The zero-order valence-corrected chi connectivity index (χ0v) is 11.4. The molecule has 1 amide bonds. The van der Waals surface area contributed by atoms with E-state index in [4.69, 9.17) is 9.84 Å². The fourth-order valence-corrected chi connectivity index (χ4v) is 1.59. The van der Waals surface area contributed by atoms with E-state index in [0.717, 1.165) is 0 Å². The van der Waals surface area contributed by atoms with Gasteiger partial charge in [0.25, 0.3) is 5.91 Å². The molecule has 0 spiro atoms. The minimum absolute atomic E-state index is 0.186. The molecule has 0 aliphatic rings. The summed E-state index contributed by atoms with van der Waals surface area (Å²) < 4.78 is 5.03. The number of hydrogen-bond acceptors (Lipinski definition) is 4. The highest BCUT2D eigenvalue weighted by Gasteiger charge is 2.25. The number of hydrogen-bond donors (Lipinski definition) is 2. The lowest BCUT2D eigenvalue weighted by atomic mass is 10.0. The molecule has 0 saturated carbocycles. The second-order valence-corrected chi connectivity index (χ2v) is 4.54. The molecule has 1 rings (SSSR count). The van der Waals surface area contributed by atoms with Gasteiger partial charge in [0.2, 0.25) is 5.88 Å². The number of amides is 1. The van der Waals surface area contributed by atoms with Crippen molar-refractivity contribution in [1.82, 2.24) is 10.3 Å². The van der Waals surface area contributed by atoms with Gasteiger partial charge in [-0.3, -0.25) is 4.79 Å². The normalized spacial score (nSPS) is 12.1. The molecule has 0 saturated heterocycles. The van der Waals surface area contributed by atoms with Crippen LogP contribution in [0.5, 0.6) is 5.88 Å². The van der Waals surface area contributed by atoms with Crippen molar-refractivity contribution >= 4 is 11.9 Å². The van der Waals surface area contributed by atoms with Gasteiger partial charge in [0.1, 0.15) is 11.6 Å². The first kappa shape index (κ1) is 14.9. The standard InChI is InChI=1S/C13H18N2O4/c1-7(2)10(13(17)18)15-11(16)9-6-5-8(3)14-12(9)19-4/h5-7,10H,1-4H3,(H,15,16)(H,17,18). The second kappa shape index (κ2) is 6.17. The van der Waals surface area contributed by atoms with Crippen LogP contribution in [0, 0.1) is 12.8 Å². The zero-order chi connectivity index (χ0) is 14.6. The number of carboxylic acid groups (broad SMARTS) is 1. The highest BCUT2D eigenvalue weighted by atomic mass is 16.5. The Morgan fingerprint density at radius 2 is 2.00 bits per heavy atom. The Kier molecular flexibility index (Phi) is 4.86. The molecule has 0 fully saturated rings. The number of aliphatic carboxylic acids is 1. The van der Waals surface area contributed by atoms with Gasteiger partial charge < -0.3 is 15.2 Å². The molecule has 0 bridgehead atoms. The van der Waals surface area contributed by atoms with Crippen molar-refractivity contribution in [3.63, 3.8) is 0 Å². The maximum atomic E-state index is 12.1. The molecule has 0 aromatic carbocycles. The number of pyridine rings is 1. The Bertz CT molecular complexity index is 486. The number of carbonyl (C=O) groups is 2. The predicted octanol–water partition coefficient (Wildman–Crippen LogP) is 1.24.